The molecule has 1 unspecified atom stereocenters. The minimum absolute atomic E-state index is 0.128. The third kappa shape index (κ3) is 4.00. The lowest BCUT2D eigenvalue weighted by Gasteiger charge is -2.31. The first-order valence-corrected chi connectivity index (χ1v) is 7.61. The molecule has 1 amide bonds. The molecule has 0 saturated heterocycles. The van der Waals surface area contributed by atoms with E-state index in [1.54, 1.807) is 26.8 Å². The van der Waals surface area contributed by atoms with Crippen LogP contribution >= 0.6 is 0 Å². The van der Waals surface area contributed by atoms with E-state index in [0.717, 1.165) is 12.8 Å². The highest BCUT2D eigenvalue weighted by Gasteiger charge is 2.52. The molecule has 0 aromatic heterocycles. The van der Waals surface area contributed by atoms with Crippen molar-refractivity contribution in [1.29, 1.82) is 0 Å². The summed E-state index contributed by atoms with van der Waals surface area (Å²) >= 11 is 0. The van der Waals surface area contributed by atoms with Crippen LogP contribution in [-0.4, -0.2) is 29.3 Å². The number of rotatable bonds is 5. The Morgan fingerprint density at radius 3 is 2.48 bits per heavy atom. The third-order valence-corrected chi connectivity index (χ3v) is 3.91. The summed E-state index contributed by atoms with van der Waals surface area (Å²) in [4.78, 5) is 23.9. The van der Waals surface area contributed by atoms with Gasteiger partial charge in [0.05, 0.1) is 0 Å². The van der Waals surface area contributed by atoms with Crippen LogP contribution in [0.3, 0.4) is 0 Å². The van der Waals surface area contributed by atoms with Crippen LogP contribution in [-0.2, 0) is 14.9 Å². The largest absolute Gasteiger partial charge is 0.481 e. The minimum atomic E-state index is -1.33. The number of carboxylic acids is 1. The number of carbonyl (C=O) groups excluding carboxylic acids is 1. The van der Waals surface area contributed by atoms with Gasteiger partial charge in [-0.05, 0) is 57.2 Å². The molecule has 1 atom stereocenters. The van der Waals surface area contributed by atoms with Gasteiger partial charge in [0.15, 0.2) is 0 Å². The zero-order valence-corrected chi connectivity index (χ0v) is 13.6. The molecule has 1 aliphatic rings. The average Bonchev–Trinajstić information content (AvgIpc) is 3.22. The van der Waals surface area contributed by atoms with Crippen molar-refractivity contribution >= 4 is 12.1 Å². The Hall–Kier alpha value is -2.11. The van der Waals surface area contributed by atoms with E-state index in [0.29, 0.717) is 5.56 Å². The van der Waals surface area contributed by atoms with Gasteiger partial charge in [-0.1, -0.05) is 12.1 Å². The van der Waals surface area contributed by atoms with Crippen molar-refractivity contribution < 1.29 is 23.8 Å². The summed E-state index contributed by atoms with van der Waals surface area (Å²) < 4.78 is 18.7. The van der Waals surface area contributed by atoms with Crippen molar-refractivity contribution in [2.24, 2.45) is 5.92 Å². The van der Waals surface area contributed by atoms with E-state index in [2.05, 4.69) is 5.32 Å². The highest BCUT2D eigenvalue weighted by Crippen LogP contribution is 2.47. The maximum Gasteiger partial charge on any atom is 0.407 e. The smallest absolute Gasteiger partial charge is 0.407 e. The Labute approximate surface area is 134 Å². The van der Waals surface area contributed by atoms with Crippen LogP contribution in [0.2, 0.25) is 0 Å². The minimum Gasteiger partial charge on any atom is -0.481 e. The molecule has 0 heterocycles. The summed E-state index contributed by atoms with van der Waals surface area (Å²) in [7, 11) is 0. The highest BCUT2D eigenvalue weighted by molar-refractivity contribution is 5.83. The maximum atomic E-state index is 13.6. The standard InChI is InChI=1S/C17H22FNO4/c1-16(2,3)23-15(22)19-10-17(14(20)21,11-7-8-11)12-5-4-6-13(18)9-12/h4-6,9,11H,7-8,10H2,1-3H3,(H,19,22)(H,20,21). The number of ether oxygens (including phenoxy) is 1. The van der Waals surface area contributed by atoms with Gasteiger partial charge in [0.25, 0.3) is 0 Å². The molecule has 1 aromatic carbocycles. The van der Waals surface area contributed by atoms with Crippen molar-refractivity contribution in [1.82, 2.24) is 5.32 Å². The SMILES string of the molecule is CC(C)(C)OC(=O)NCC(C(=O)O)(c1cccc(F)c1)C1CC1. The lowest BCUT2D eigenvalue weighted by atomic mass is 9.75. The van der Waals surface area contributed by atoms with Crippen LogP contribution in [0.1, 0.15) is 39.2 Å². The molecular formula is C17H22FNO4. The molecule has 5 nitrogen and oxygen atoms in total. The third-order valence-electron chi connectivity index (χ3n) is 3.91. The Bertz CT molecular complexity index is 607. The summed E-state index contributed by atoms with van der Waals surface area (Å²) in [5.74, 6) is -1.69. The summed E-state index contributed by atoms with van der Waals surface area (Å²) in [5, 5.41) is 12.3. The van der Waals surface area contributed by atoms with Crippen LogP contribution in [0.15, 0.2) is 24.3 Å². The van der Waals surface area contributed by atoms with Crippen molar-refractivity contribution in [3.8, 4) is 0 Å². The maximum absolute atomic E-state index is 13.6. The van der Waals surface area contributed by atoms with E-state index in [9.17, 15) is 19.1 Å². The second-order valence-electron chi connectivity index (χ2n) is 6.92. The quantitative estimate of drug-likeness (QED) is 0.873. The number of nitrogens with one attached hydrogen (secondary N) is 1. The van der Waals surface area contributed by atoms with Crippen LogP contribution < -0.4 is 5.32 Å². The summed E-state index contributed by atoms with van der Waals surface area (Å²) in [6.45, 7) is 5.05. The molecule has 6 heteroatoms. The number of hydrogen-bond acceptors (Lipinski definition) is 3. The zero-order valence-electron chi connectivity index (χ0n) is 13.6. The van der Waals surface area contributed by atoms with E-state index in [1.807, 2.05) is 0 Å². The molecule has 0 bridgehead atoms. The van der Waals surface area contributed by atoms with Gasteiger partial charge in [-0.15, -0.1) is 0 Å². The Balaban J connectivity index is 2.25. The van der Waals surface area contributed by atoms with E-state index in [-0.39, 0.29) is 12.5 Å². The van der Waals surface area contributed by atoms with Crippen LogP contribution in [0.4, 0.5) is 9.18 Å². The number of amides is 1. The lowest BCUT2D eigenvalue weighted by Crippen LogP contribution is -2.49. The molecule has 1 aliphatic carbocycles. The van der Waals surface area contributed by atoms with E-state index in [1.165, 1.54) is 18.2 Å². The number of carbonyl (C=O) groups is 2. The fraction of sp³-hybridized carbons (Fsp3) is 0.529. The number of alkyl carbamates (subject to hydrolysis) is 1. The van der Waals surface area contributed by atoms with E-state index >= 15 is 0 Å². The molecule has 0 radical (unpaired) electrons. The number of halogens is 1. The summed E-state index contributed by atoms with van der Waals surface area (Å²) in [6, 6.07) is 5.57. The van der Waals surface area contributed by atoms with Crippen LogP contribution in [0.25, 0.3) is 0 Å². The summed E-state index contributed by atoms with van der Waals surface area (Å²) in [6.07, 6.45) is 0.789. The van der Waals surface area contributed by atoms with Gasteiger partial charge in [0.1, 0.15) is 16.8 Å². The molecule has 1 fully saturated rings. The number of hydrogen-bond donors (Lipinski definition) is 2. The zero-order chi connectivity index (χ0) is 17.3. The number of aliphatic carboxylic acids is 1. The molecule has 2 N–H and O–H groups in total. The Morgan fingerprint density at radius 1 is 1.35 bits per heavy atom. The van der Waals surface area contributed by atoms with Gasteiger partial charge in [0.2, 0.25) is 0 Å². The first-order chi connectivity index (χ1) is 10.6. The molecule has 126 valence electrons. The number of benzene rings is 1. The van der Waals surface area contributed by atoms with Crippen molar-refractivity contribution in [2.75, 3.05) is 6.54 Å². The first-order valence-electron chi connectivity index (χ1n) is 7.61. The molecule has 1 saturated carbocycles. The first kappa shape index (κ1) is 17.2. The Kier molecular flexibility index (Phi) is 4.63. The normalized spacial score (nSPS) is 17.2. The predicted octanol–water partition coefficient (Wildman–Crippen LogP) is 3.08. The molecule has 2 rings (SSSR count). The van der Waals surface area contributed by atoms with Crippen molar-refractivity contribution in [3.63, 3.8) is 0 Å². The second kappa shape index (κ2) is 6.18. The van der Waals surface area contributed by atoms with Gasteiger partial charge in [-0.25, -0.2) is 9.18 Å². The van der Waals surface area contributed by atoms with Crippen LogP contribution in [0.5, 0.6) is 0 Å². The monoisotopic (exact) mass is 323 g/mol. The van der Waals surface area contributed by atoms with Gasteiger partial charge < -0.3 is 15.2 Å². The summed E-state index contributed by atoms with van der Waals surface area (Å²) in [5.41, 5.74) is -1.64. The molecule has 0 spiro atoms. The Morgan fingerprint density at radius 2 is 2.00 bits per heavy atom. The van der Waals surface area contributed by atoms with Gasteiger partial charge in [0, 0.05) is 6.54 Å². The van der Waals surface area contributed by atoms with E-state index < -0.39 is 28.9 Å². The van der Waals surface area contributed by atoms with Crippen LogP contribution in [0, 0.1) is 11.7 Å². The van der Waals surface area contributed by atoms with Gasteiger partial charge in [-0.3, -0.25) is 4.79 Å². The second-order valence-corrected chi connectivity index (χ2v) is 6.92. The number of carboxylic acid groups (broad SMARTS) is 1. The fourth-order valence-corrected chi connectivity index (χ4v) is 2.72. The lowest BCUT2D eigenvalue weighted by molar-refractivity contribution is -0.144. The van der Waals surface area contributed by atoms with Gasteiger partial charge in [-0.2, -0.15) is 0 Å². The van der Waals surface area contributed by atoms with Crippen molar-refractivity contribution in [2.45, 2.75) is 44.6 Å². The topological polar surface area (TPSA) is 75.6 Å². The molecule has 1 aromatic rings. The van der Waals surface area contributed by atoms with Crippen molar-refractivity contribution in [3.05, 3.63) is 35.6 Å². The molecule has 0 aliphatic heterocycles. The average molecular weight is 323 g/mol. The van der Waals surface area contributed by atoms with Gasteiger partial charge >= 0.3 is 12.1 Å². The van der Waals surface area contributed by atoms with E-state index in [4.69, 9.17) is 4.74 Å². The fourth-order valence-electron chi connectivity index (χ4n) is 2.72. The highest BCUT2D eigenvalue weighted by atomic mass is 19.1. The molecule has 23 heavy (non-hydrogen) atoms. The molecular weight excluding hydrogens is 301 g/mol. The predicted molar refractivity (Wildman–Crippen MR) is 82.7 cm³/mol.